The second-order valence-corrected chi connectivity index (χ2v) is 4.42. The van der Waals surface area contributed by atoms with E-state index in [4.69, 9.17) is 10.5 Å². The number of benzene rings is 1. The Morgan fingerprint density at radius 1 is 1.38 bits per heavy atom. The van der Waals surface area contributed by atoms with Crippen molar-refractivity contribution in [3.63, 3.8) is 0 Å². The Kier molecular flexibility index (Phi) is 4.96. The fraction of sp³-hybridized carbons (Fsp3) is 0.538. The van der Waals surface area contributed by atoms with Gasteiger partial charge in [0.2, 0.25) is 0 Å². The molecular weight excluding hydrogens is 200 g/mol. The Hall–Kier alpha value is -1.38. The summed E-state index contributed by atoms with van der Waals surface area (Å²) < 4.78 is 5.17. The molecule has 16 heavy (non-hydrogen) atoms. The molecule has 0 aliphatic rings. The van der Waals surface area contributed by atoms with E-state index in [1.807, 2.05) is 18.2 Å². The zero-order valence-corrected chi connectivity index (χ0v) is 10.4. The molecule has 0 saturated carbocycles. The number of nitrogens with two attached hydrogens (primary N) is 1. The molecule has 3 heteroatoms. The lowest BCUT2D eigenvalue weighted by molar-refractivity contribution is 0.417. The molecule has 0 saturated heterocycles. The molecule has 90 valence electrons. The van der Waals surface area contributed by atoms with E-state index in [1.165, 1.54) is 12.8 Å². The molecule has 0 unspecified atom stereocenters. The van der Waals surface area contributed by atoms with E-state index < -0.39 is 0 Å². The van der Waals surface area contributed by atoms with Gasteiger partial charge in [0.1, 0.15) is 5.75 Å². The van der Waals surface area contributed by atoms with Crippen molar-refractivity contribution in [1.82, 2.24) is 0 Å². The van der Waals surface area contributed by atoms with E-state index in [0.29, 0.717) is 5.69 Å². The van der Waals surface area contributed by atoms with Crippen molar-refractivity contribution in [1.29, 1.82) is 0 Å². The van der Waals surface area contributed by atoms with Gasteiger partial charge in [-0.05, 0) is 30.9 Å². The molecule has 1 rings (SSSR count). The van der Waals surface area contributed by atoms with Gasteiger partial charge in [-0.25, -0.2) is 0 Å². The number of hydrogen-bond donors (Lipinski definition) is 2. The van der Waals surface area contributed by atoms with Crippen molar-refractivity contribution in [3.8, 4) is 5.75 Å². The maximum atomic E-state index is 5.74. The zero-order valence-electron chi connectivity index (χ0n) is 10.4. The molecule has 0 fully saturated rings. The summed E-state index contributed by atoms with van der Waals surface area (Å²) in [4.78, 5) is 0. The average molecular weight is 222 g/mol. The highest BCUT2D eigenvalue weighted by Gasteiger charge is 2.00. The zero-order chi connectivity index (χ0) is 12.0. The normalized spacial score (nSPS) is 10.5. The fourth-order valence-electron chi connectivity index (χ4n) is 1.56. The monoisotopic (exact) mass is 222 g/mol. The Bertz CT molecular complexity index is 324. The van der Waals surface area contributed by atoms with Crippen LogP contribution in [-0.2, 0) is 0 Å². The topological polar surface area (TPSA) is 47.3 Å². The summed E-state index contributed by atoms with van der Waals surface area (Å²) >= 11 is 0. The van der Waals surface area contributed by atoms with Crippen LogP contribution >= 0.6 is 0 Å². The SMILES string of the molecule is COc1cc(NCCCC(C)C)ccc1N. The molecule has 0 spiro atoms. The summed E-state index contributed by atoms with van der Waals surface area (Å²) in [6.45, 7) is 5.48. The molecule has 0 aromatic heterocycles. The summed E-state index contributed by atoms with van der Waals surface area (Å²) in [7, 11) is 1.63. The lowest BCUT2D eigenvalue weighted by Gasteiger charge is -2.10. The van der Waals surface area contributed by atoms with Gasteiger partial charge in [-0.15, -0.1) is 0 Å². The molecule has 0 amide bonds. The van der Waals surface area contributed by atoms with Gasteiger partial charge in [0.15, 0.2) is 0 Å². The van der Waals surface area contributed by atoms with E-state index >= 15 is 0 Å². The third kappa shape index (κ3) is 4.01. The van der Waals surface area contributed by atoms with Crippen LogP contribution in [0.3, 0.4) is 0 Å². The summed E-state index contributed by atoms with van der Waals surface area (Å²) in [6, 6.07) is 5.78. The van der Waals surface area contributed by atoms with Crippen LogP contribution in [-0.4, -0.2) is 13.7 Å². The highest BCUT2D eigenvalue weighted by atomic mass is 16.5. The van der Waals surface area contributed by atoms with Crippen LogP contribution in [0, 0.1) is 5.92 Å². The molecule has 1 aromatic carbocycles. The van der Waals surface area contributed by atoms with E-state index in [2.05, 4.69) is 19.2 Å². The van der Waals surface area contributed by atoms with Gasteiger partial charge in [-0.3, -0.25) is 0 Å². The van der Waals surface area contributed by atoms with E-state index in [-0.39, 0.29) is 0 Å². The number of anilines is 2. The first kappa shape index (κ1) is 12.7. The fourth-order valence-corrected chi connectivity index (χ4v) is 1.56. The van der Waals surface area contributed by atoms with E-state index in [9.17, 15) is 0 Å². The first-order valence-corrected chi connectivity index (χ1v) is 5.81. The van der Waals surface area contributed by atoms with E-state index in [0.717, 1.165) is 23.9 Å². The maximum absolute atomic E-state index is 5.74. The van der Waals surface area contributed by atoms with Gasteiger partial charge in [-0.2, -0.15) is 0 Å². The molecule has 0 radical (unpaired) electrons. The lowest BCUT2D eigenvalue weighted by Crippen LogP contribution is -2.03. The maximum Gasteiger partial charge on any atom is 0.143 e. The highest BCUT2D eigenvalue weighted by molar-refractivity contribution is 5.61. The molecule has 0 aliphatic carbocycles. The summed E-state index contributed by atoms with van der Waals surface area (Å²) in [5.41, 5.74) is 7.48. The molecule has 1 aromatic rings. The van der Waals surface area contributed by atoms with Gasteiger partial charge in [-0.1, -0.05) is 13.8 Å². The van der Waals surface area contributed by atoms with Crippen LogP contribution in [0.15, 0.2) is 18.2 Å². The van der Waals surface area contributed by atoms with Crippen LogP contribution in [0.4, 0.5) is 11.4 Å². The summed E-state index contributed by atoms with van der Waals surface area (Å²) in [5, 5.41) is 3.37. The van der Waals surface area contributed by atoms with Crippen LogP contribution < -0.4 is 15.8 Å². The number of hydrogen-bond acceptors (Lipinski definition) is 3. The van der Waals surface area contributed by atoms with E-state index in [1.54, 1.807) is 7.11 Å². The number of nitrogen functional groups attached to an aromatic ring is 1. The number of ether oxygens (including phenoxy) is 1. The molecule has 0 aliphatic heterocycles. The third-order valence-electron chi connectivity index (χ3n) is 2.52. The highest BCUT2D eigenvalue weighted by Crippen LogP contribution is 2.24. The summed E-state index contributed by atoms with van der Waals surface area (Å²) in [5.74, 6) is 1.50. The molecule has 3 N–H and O–H groups in total. The van der Waals surface area contributed by atoms with Gasteiger partial charge in [0.25, 0.3) is 0 Å². The van der Waals surface area contributed by atoms with Crippen LogP contribution in [0.2, 0.25) is 0 Å². The van der Waals surface area contributed by atoms with Gasteiger partial charge in [0.05, 0.1) is 12.8 Å². The van der Waals surface area contributed by atoms with Crippen molar-refractivity contribution in [2.75, 3.05) is 24.7 Å². The predicted molar refractivity (Wildman–Crippen MR) is 70.0 cm³/mol. The third-order valence-corrected chi connectivity index (χ3v) is 2.52. The van der Waals surface area contributed by atoms with Crippen molar-refractivity contribution in [3.05, 3.63) is 18.2 Å². The van der Waals surface area contributed by atoms with Gasteiger partial charge in [0, 0.05) is 18.3 Å². The standard InChI is InChI=1S/C13H22N2O/c1-10(2)5-4-8-15-11-6-7-12(14)13(9-11)16-3/h6-7,9-10,15H,4-5,8,14H2,1-3H3. The minimum absolute atomic E-state index is 0.676. The predicted octanol–water partition coefficient (Wildman–Crippen LogP) is 3.13. The molecule has 0 heterocycles. The Labute approximate surface area is 98.0 Å². The number of rotatable bonds is 6. The second-order valence-electron chi connectivity index (χ2n) is 4.42. The molecule has 0 atom stereocenters. The quantitative estimate of drug-likeness (QED) is 0.574. The van der Waals surface area contributed by atoms with Crippen molar-refractivity contribution in [2.45, 2.75) is 26.7 Å². The number of methoxy groups -OCH3 is 1. The average Bonchev–Trinajstić information content (AvgIpc) is 2.26. The second kappa shape index (κ2) is 6.26. The van der Waals surface area contributed by atoms with Gasteiger partial charge < -0.3 is 15.8 Å². The first-order chi connectivity index (χ1) is 7.63. The van der Waals surface area contributed by atoms with Crippen molar-refractivity contribution in [2.24, 2.45) is 5.92 Å². The Balaban J connectivity index is 2.42. The first-order valence-electron chi connectivity index (χ1n) is 5.81. The largest absolute Gasteiger partial charge is 0.495 e. The summed E-state index contributed by atoms with van der Waals surface area (Å²) in [6.07, 6.45) is 2.43. The van der Waals surface area contributed by atoms with Crippen LogP contribution in [0.25, 0.3) is 0 Å². The minimum Gasteiger partial charge on any atom is -0.495 e. The number of nitrogens with one attached hydrogen (secondary N) is 1. The minimum atomic E-state index is 0.676. The van der Waals surface area contributed by atoms with Crippen molar-refractivity contribution >= 4 is 11.4 Å². The molecule has 0 bridgehead atoms. The Morgan fingerprint density at radius 3 is 2.75 bits per heavy atom. The smallest absolute Gasteiger partial charge is 0.143 e. The lowest BCUT2D eigenvalue weighted by atomic mass is 10.1. The van der Waals surface area contributed by atoms with Gasteiger partial charge >= 0.3 is 0 Å². The van der Waals surface area contributed by atoms with Crippen LogP contribution in [0.1, 0.15) is 26.7 Å². The Morgan fingerprint density at radius 2 is 2.12 bits per heavy atom. The molecule has 3 nitrogen and oxygen atoms in total. The van der Waals surface area contributed by atoms with Crippen molar-refractivity contribution < 1.29 is 4.74 Å². The molecular formula is C13H22N2O. The van der Waals surface area contributed by atoms with Crippen LogP contribution in [0.5, 0.6) is 5.75 Å².